The third-order valence-corrected chi connectivity index (χ3v) is 4.66. The van der Waals surface area contributed by atoms with Crippen molar-refractivity contribution in [2.75, 3.05) is 26.2 Å². The largest absolute Gasteiger partial charge is 0.313 e. The van der Waals surface area contributed by atoms with Gasteiger partial charge < -0.3 is 10.2 Å². The van der Waals surface area contributed by atoms with Gasteiger partial charge in [-0.3, -0.25) is 0 Å². The zero-order chi connectivity index (χ0) is 11.4. The van der Waals surface area contributed by atoms with Crippen LogP contribution in [0, 0.1) is 0 Å². The molecule has 0 spiro atoms. The predicted octanol–water partition coefficient (Wildman–Crippen LogP) is 2.74. The minimum absolute atomic E-state index is 0.637. The Kier molecular flexibility index (Phi) is 4.82. The van der Waals surface area contributed by atoms with Crippen molar-refractivity contribution in [1.29, 1.82) is 0 Å². The summed E-state index contributed by atoms with van der Waals surface area (Å²) in [5, 5.41) is 3.53. The maximum Gasteiger partial charge on any atom is 0.0701 e. The Labute approximate surface area is 110 Å². The van der Waals surface area contributed by atoms with E-state index in [0.717, 1.165) is 0 Å². The average Bonchev–Trinajstić information content (AvgIpc) is 2.55. The molecule has 1 saturated heterocycles. The number of rotatable bonds is 3. The molecule has 1 atom stereocenters. The summed E-state index contributed by atoms with van der Waals surface area (Å²) in [6.07, 6.45) is 2.46. The van der Waals surface area contributed by atoms with Crippen molar-refractivity contribution in [1.82, 2.24) is 10.2 Å². The van der Waals surface area contributed by atoms with Gasteiger partial charge in [-0.25, -0.2) is 0 Å². The molecule has 0 saturated carbocycles. The molecular weight excluding hydrogens is 284 g/mol. The van der Waals surface area contributed by atoms with E-state index >= 15 is 0 Å². The van der Waals surface area contributed by atoms with Crippen LogP contribution in [0.25, 0.3) is 0 Å². The van der Waals surface area contributed by atoms with Crippen molar-refractivity contribution >= 4 is 27.3 Å². The molecule has 0 amide bonds. The highest BCUT2D eigenvalue weighted by atomic mass is 79.9. The van der Waals surface area contributed by atoms with E-state index < -0.39 is 0 Å². The van der Waals surface area contributed by atoms with Crippen LogP contribution in [-0.2, 0) is 6.42 Å². The molecule has 1 aliphatic rings. The van der Waals surface area contributed by atoms with Gasteiger partial charge in [0.2, 0.25) is 0 Å². The number of nitrogens with one attached hydrogen (secondary N) is 1. The number of halogens is 1. The lowest BCUT2D eigenvalue weighted by molar-refractivity contribution is 0.277. The summed E-state index contributed by atoms with van der Waals surface area (Å²) >= 11 is 5.37. The van der Waals surface area contributed by atoms with E-state index in [2.05, 4.69) is 45.2 Å². The van der Waals surface area contributed by atoms with Crippen LogP contribution in [0.5, 0.6) is 0 Å². The van der Waals surface area contributed by atoms with Crippen LogP contribution in [0.3, 0.4) is 0 Å². The SMILES string of the molecule is CC1CN(CCc2ccc(Br)s2)CCCN1. The van der Waals surface area contributed by atoms with Crippen LogP contribution in [0.4, 0.5) is 0 Å². The van der Waals surface area contributed by atoms with Crippen LogP contribution in [-0.4, -0.2) is 37.1 Å². The van der Waals surface area contributed by atoms with Crippen LogP contribution in [0.2, 0.25) is 0 Å². The Morgan fingerprint density at radius 1 is 1.56 bits per heavy atom. The first kappa shape index (κ1) is 12.6. The van der Waals surface area contributed by atoms with E-state index in [1.54, 1.807) is 0 Å². The molecule has 1 aromatic rings. The molecule has 0 radical (unpaired) electrons. The Bertz CT molecular complexity index is 327. The van der Waals surface area contributed by atoms with Crippen LogP contribution in [0.1, 0.15) is 18.2 Å². The first-order valence-corrected chi connectivity index (χ1v) is 7.55. The van der Waals surface area contributed by atoms with E-state index in [1.807, 2.05) is 11.3 Å². The van der Waals surface area contributed by atoms with Gasteiger partial charge in [-0.05, 0) is 60.9 Å². The van der Waals surface area contributed by atoms with E-state index in [4.69, 9.17) is 0 Å². The lowest BCUT2D eigenvalue weighted by Gasteiger charge is -2.21. The average molecular weight is 303 g/mol. The second kappa shape index (κ2) is 6.15. The molecule has 0 bridgehead atoms. The van der Waals surface area contributed by atoms with Crippen molar-refractivity contribution in [2.24, 2.45) is 0 Å². The number of hydrogen-bond donors (Lipinski definition) is 1. The zero-order valence-electron chi connectivity index (χ0n) is 9.71. The van der Waals surface area contributed by atoms with Crippen LogP contribution >= 0.6 is 27.3 Å². The smallest absolute Gasteiger partial charge is 0.0701 e. The van der Waals surface area contributed by atoms with Gasteiger partial charge in [-0.1, -0.05) is 0 Å². The molecule has 1 unspecified atom stereocenters. The standard InChI is InChI=1S/C12H19BrN2S/c1-10-9-15(7-2-6-14-10)8-5-11-3-4-12(13)16-11/h3-4,10,14H,2,5-9H2,1H3. The van der Waals surface area contributed by atoms with E-state index in [0.29, 0.717) is 6.04 Å². The van der Waals surface area contributed by atoms with Crippen molar-refractivity contribution in [3.8, 4) is 0 Å². The Morgan fingerprint density at radius 3 is 3.19 bits per heavy atom. The second-order valence-electron chi connectivity index (χ2n) is 4.47. The Balaban J connectivity index is 1.80. The number of hydrogen-bond acceptors (Lipinski definition) is 3. The fourth-order valence-corrected chi connectivity index (χ4v) is 3.62. The summed E-state index contributed by atoms with van der Waals surface area (Å²) in [5.41, 5.74) is 0. The summed E-state index contributed by atoms with van der Waals surface area (Å²) in [7, 11) is 0. The van der Waals surface area contributed by atoms with Crippen molar-refractivity contribution in [3.63, 3.8) is 0 Å². The molecule has 2 heterocycles. The third kappa shape index (κ3) is 3.84. The first-order chi connectivity index (χ1) is 7.74. The first-order valence-electron chi connectivity index (χ1n) is 5.94. The maximum absolute atomic E-state index is 3.53. The normalized spacial score (nSPS) is 23.2. The molecule has 0 aliphatic carbocycles. The Hall–Kier alpha value is 0.1000. The fraction of sp³-hybridized carbons (Fsp3) is 0.667. The maximum atomic E-state index is 3.53. The molecule has 4 heteroatoms. The second-order valence-corrected chi connectivity index (χ2v) is 7.01. The van der Waals surface area contributed by atoms with Crippen LogP contribution < -0.4 is 5.32 Å². The van der Waals surface area contributed by atoms with Gasteiger partial charge in [-0.15, -0.1) is 11.3 Å². The monoisotopic (exact) mass is 302 g/mol. The summed E-state index contributed by atoms with van der Waals surface area (Å²) in [6, 6.07) is 5.01. The van der Waals surface area contributed by atoms with Gasteiger partial charge in [0.25, 0.3) is 0 Å². The van der Waals surface area contributed by atoms with Crippen molar-refractivity contribution in [3.05, 3.63) is 20.8 Å². The van der Waals surface area contributed by atoms with Gasteiger partial charge in [0.05, 0.1) is 3.79 Å². The van der Waals surface area contributed by atoms with E-state index in [1.165, 1.54) is 47.7 Å². The zero-order valence-corrected chi connectivity index (χ0v) is 12.1. The molecule has 2 nitrogen and oxygen atoms in total. The molecule has 1 N–H and O–H groups in total. The molecule has 0 aromatic carbocycles. The highest BCUT2D eigenvalue weighted by Gasteiger charge is 2.13. The third-order valence-electron chi connectivity index (χ3n) is 2.98. The van der Waals surface area contributed by atoms with Crippen molar-refractivity contribution < 1.29 is 0 Å². The summed E-state index contributed by atoms with van der Waals surface area (Å²) in [4.78, 5) is 4.06. The summed E-state index contributed by atoms with van der Waals surface area (Å²) in [6.45, 7) is 7.07. The highest BCUT2D eigenvalue weighted by Crippen LogP contribution is 2.22. The molecular formula is C12H19BrN2S. The minimum atomic E-state index is 0.637. The molecule has 90 valence electrons. The molecule has 1 aromatic heterocycles. The van der Waals surface area contributed by atoms with Gasteiger partial charge in [0.1, 0.15) is 0 Å². The van der Waals surface area contributed by atoms with Crippen LogP contribution in [0.15, 0.2) is 15.9 Å². The number of nitrogens with zero attached hydrogens (tertiary/aromatic N) is 1. The minimum Gasteiger partial charge on any atom is -0.313 e. The quantitative estimate of drug-likeness (QED) is 0.923. The topological polar surface area (TPSA) is 15.3 Å². The Morgan fingerprint density at radius 2 is 2.44 bits per heavy atom. The van der Waals surface area contributed by atoms with Gasteiger partial charge >= 0.3 is 0 Å². The fourth-order valence-electron chi connectivity index (χ4n) is 2.15. The lowest BCUT2D eigenvalue weighted by Crippen LogP contribution is -2.36. The molecule has 1 fully saturated rings. The summed E-state index contributed by atoms with van der Waals surface area (Å²) < 4.78 is 1.24. The predicted molar refractivity (Wildman–Crippen MR) is 74.2 cm³/mol. The molecule has 16 heavy (non-hydrogen) atoms. The van der Waals surface area contributed by atoms with Crippen molar-refractivity contribution in [2.45, 2.75) is 25.8 Å². The molecule has 2 rings (SSSR count). The van der Waals surface area contributed by atoms with Gasteiger partial charge in [-0.2, -0.15) is 0 Å². The lowest BCUT2D eigenvalue weighted by atomic mass is 10.3. The highest BCUT2D eigenvalue weighted by molar-refractivity contribution is 9.11. The van der Waals surface area contributed by atoms with E-state index in [-0.39, 0.29) is 0 Å². The van der Waals surface area contributed by atoms with Gasteiger partial charge in [0, 0.05) is 24.0 Å². The number of thiophene rings is 1. The molecule has 1 aliphatic heterocycles. The van der Waals surface area contributed by atoms with E-state index in [9.17, 15) is 0 Å². The summed E-state index contributed by atoms with van der Waals surface area (Å²) in [5.74, 6) is 0. The van der Waals surface area contributed by atoms with Gasteiger partial charge in [0.15, 0.2) is 0 Å².